The number of ketones is 1. The van der Waals surface area contributed by atoms with Crippen LogP contribution < -0.4 is 0 Å². The summed E-state index contributed by atoms with van der Waals surface area (Å²) < 4.78 is 4.79. The molecule has 0 aromatic carbocycles. The number of Topliss-reactive ketones (excluding diaryl/α,β-unsaturated/α-hetero) is 1. The first-order valence-electron chi connectivity index (χ1n) is 3.47. The van der Waals surface area contributed by atoms with Crippen LogP contribution in [0.1, 0.15) is 17.3 Å². The predicted octanol–water partition coefficient (Wildman–Crippen LogP) is 2.22. The highest BCUT2D eigenvalue weighted by molar-refractivity contribution is 7.99. The monoisotopic (exact) mass is 170 g/mol. The molecule has 1 aromatic heterocycles. The summed E-state index contributed by atoms with van der Waals surface area (Å²) in [6.07, 6.45) is 3.00. The molecule has 11 heavy (non-hydrogen) atoms. The molecular weight excluding hydrogens is 160 g/mol. The molecule has 0 atom stereocenters. The molecule has 0 N–H and O–H groups in total. The minimum Gasteiger partial charge on any atom is -0.472 e. The van der Waals surface area contributed by atoms with Gasteiger partial charge in [0.2, 0.25) is 0 Å². The Hall–Kier alpha value is -0.700. The molecule has 0 aliphatic carbocycles. The van der Waals surface area contributed by atoms with Crippen molar-refractivity contribution in [3.05, 3.63) is 24.2 Å². The number of rotatable bonds is 4. The third-order valence-corrected chi connectivity index (χ3v) is 2.15. The largest absolute Gasteiger partial charge is 0.472 e. The Morgan fingerprint density at radius 2 is 2.55 bits per heavy atom. The maximum absolute atomic E-state index is 11.2. The van der Waals surface area contributed by atoms with Gasteiger partial charge in [0.05, 0.1) is 17.6 Å². The molecule has 0 aliphatic heterocycles. The molecule has 0 amide bonds. The van der Waals surface area contributed by atoms with Gasteiger partial charge in [0.25, 0.3) is 0 Å². The Morgan fingerprint density at radius 1 is 1.73 bits per heavy atom. The predicted molar refractivity (Wildman–Crippen MR) is 46.0 cm³/mol. The molecule has 2 nitrogen and oxygen atoms in total. The number of thioether (sulfide) groups is 1. The SMILES string of the molecule is CCSCC(=O)c1ccoc1. The second-order valence-corrected chi connectivity index (χ2v) is 3.35. The Labute approximate surface area is 70.0 Å². The molecule has 0 fully saturated rings. The van der Waals surface area contributed by atoms with Crippen molar-refractivity contribution in [1.82, 2.24) is 0 Å². The van der Waals surface area contributed by atoms with Crippen molar-refractivity contribution in [3.8, 4) is 0 Å². The molecule has 0 radical (unpaired) electrons. The zero-order chi connectivity index (χ0) is 8.10. The minimum absolute atomic E-state index is 0.144. The average molecular weight is 170 g/mol. The number of carbonyl (C=O) groups is 1. The van der Waals surface area contributed by atoms with Crippen molar-refractivity contribution >= 4 is 17.5 Å². The summed E-state index contributed by atoms with van der Waals surface area (Å²) in [6.45, 7) is 2.04. The summed E-state index contributed by atoms with van der Waals surface area (Å²) in [4.78, 5) is 11.2. The summed E-state index contributed by atoms with van der Waals surface area (Å²) >= 11 is 1.62. The summed E-state index contributed by atoms with van der Waals surface area (Å²) in [5.41, 5.74) is 0.672. The Morgan fingerprint density at radius 3 is 3.09 bits per heavy atom. The zero-order valence-corrected chi connectivity index (χ0v) is 7.19. The molecule has 0 saturated heterocycles. The molecule has 0 bridgehead atoms. The zero-order valence-electron chi connectivity index (χ0n) is 6.37. The average Bonchev–Trinajstić information content (AvgIpc) is 2.52. The van der Waals surface area contributed by atoms with Crippen molar-refractivity contribution < 1.29 is 9.21 Å². The van der Waals surface area contributed by atoms with Gasteiger partial charge in [0.1, 0.15) is 6.26 Å². The molecule has 3 heteroatoms. The van der Waals surface area contributed by atoms with E-state index in [0.717, 1.165) is 5.75 Å². The van der Waals surface area contributed by atoms with Crippen LogP contribution in [0.3, 0.4) is 0 Å². The van der Waals surface area contributed by atoms with Crippen LogP contribution in [0.4, 0.5) is 0 Å². The molecule has 1 aromatic rings. The topological polar surface area (TPSA) is 30.2 Å². The summed E-state index contributed by atoms with van der Waals surface area (Å²) in [5.74, 6) is 1.67. The van der Waals surface area contributed by atoms with Crippen LogP contribution in [0, 0.1) is 0 Å². The highest BCUT2D eigenvalue weighted by Gasteiger charge is 2.05. The Kier molecular flexibility index (Phi) is 3.23. The minimum atomic E-state index is 0.144. The Bertz CT molecular complexity index is 216. The van der Waals surface area contributed by atoms with E-state index in [1.165, 1.54) is 12.5 Å². The van der Waals surface area contributed by atoms with Gasteiger partial charge in [-0.25, -0.2) is 0 Å². The molecule has 0 aliphatic rings. The lowest BCUT2D eigenvalue weighted by Gasteiger charge is -1.93. The standard InChI is InChI=1S/C8H10O2S/c1-2-11-6-8(9)7-3-4-10-5-7/h3-5H,2,6H2,1H3. The van der Waals surface area contributed by atoms with Gasteiger partial charge >= 0.3 is 0 Å². The van der Waals surface area contributed by atoms with Gasteiger partial charge < -0.3 is 4.42 Å². The molecule has 0 spiro atoms. The van der Waals surface area contributed by atoms with Crippen molar-refractivity contribution in [2.45, 2.75) is 6.92 Å². The fraction of sp³-hybridized carbons (Fsp3) is 0.375. The van der Waals surface area contributed by atoms with E-state index in [1.54, 1.807) is 17.8 Å². The second kappa shape index (κ2) is 4.23. The Balaban J connectivity index is 2.43. The van der Waals surface area contributed by atoms with Crippen LogP contribution in [0.2, 0.25) is 0 Å². The lowest BCUT2D eigenvalue weighted by Crippen LogP contribution is -2.00. The normalized spacial score (nSPS) is 9.91. The fourth-order valence-electron chi connectivity index (χ4n) is 0.701. The van der Waals surface area contributed by atoms with E-state index in [0.29, 0.717) is 11.3 Å². The van der Waals surface area contributed by atoms with Crippen LogP contribution >= 0.6 is 11.8 Å². The third kappa shape index (κ3) is 2.42. The molecule has 0 saturated carbocycles. The van der Waals surface area contributed by atoms with Crippen molar-refractivity contribution in [3.63, 3.8) is 0 Å². The number of hydrogen-bond acceptors (Lipinski definition) is 3. The van der Waals surface area contributed by atoms with E-state index in [-0.39, 0.29) is 5.78 Å². The molecule has 1 rings (SSSR count). The van der Waals surface area contributed by atoms with E-state index in [4.69, 9.17) is 4.42 Å². The second-order valence-electron chi connectivity index (χ2n) is 2.07. The van der Waals surface area contributed by atoms with E-state index in [1.807, 2.05) is 6.92 Å². The van der Waals surface area contributed by atoms with E-state index < -0.39 is 0 Å². The highest BCUT2D eigenvalue weighted by atomic mass is 32.2. The van der Waals surface area contributed by atoms with E-state index in [2.05, 4.69) is 0 Å². The van der Waals surface area contributed by atoms with Crippen LogP contribution in [0.5, 0.6) is 0 Å². The molecule has 1 heterocycles. The lowest BCUT2D eigenvalue weighted by atomic mass is 10.2. The van der Waals surface area contributed by atoms with Crippen LogP contribution in [-0.4, -0.2) is 17.3 Å². The van der Waals surface area contributed by atoms with Crippen LogP contribution in [0.15, 0.2) is 23.0 Å². The van der Waals surface area contributed by atoms with Crippen LogP contribution in [0.25, 0.3) is 0 Å². The van der Waals surface area contributed by atoms with Crippen molar-refractivity contribution in [1.29, 1.82) is 0 Å². The molecule has 0 unspecified atom stereocenters. The van der Waals surface area contributed by atoms with E-state index in [9.17, 15) is 4.79 Å². The number of hydrogen-bond donors (Lipinski definition) is 0. The quantitative estimate of drug-likeness (QED) is 0.649. The molecular formula is C8H10O2S. The summed E-state index contributed by atoms with van der Waals surface area (Å²) in [5, 5.41) is 0. The smallest absolute Gasteiger partial charge is 0.175 e. The maximum Gasteiger partial charge on any atom is 0.175 e. The third-order valence-electron chi connectivity index (χ3n) is 1.28. The van der Waals surface area contributed by atoms with Gasteiger partial charge in [-0.1, -0.05) is 6.92 Å². The van der Waals surface area contributed by atoms with Crippen molar-refractivity contribution in [2.75, 3.05) is 11.5 Å². The maximum atomic E-state index is 11.2. The van der Waals surface area contributed by atoms with Gasteiger partial charge in [-0.15, -0.1) is 0 Å². The summed E-state index contributed by atoms with van der Waals surface area (Å²) in [7, 11) is 0. The summed E-state index contributed by atoms with van der Waals surface area (Å²) in [6, 6.07) is 1.69. The van der Waals surface area contributed by atoms with E-state index >= 15 is 0 Å². The lowest BCUT2D eigenvalue weighted by molar-refractivity contribution is 0.102. The highest BCUT2D eigenvalue weighted by Crippen LogP contribution is 2.06. The van der Waals surface area contributed by atoms with Gasteiger partial charge in [0, 0.05) is 0 Å². The van der Waals surface area contributed by atoms with Crippen LogP contribution in [-0.2, 0) is 0 Å². The number of carbonyl (C=O) groups excluding carboxylic acids is 1. The first-order chi connectivity index (χ1) is 5.34. The fourth-order valence-corrected chi connectivity index (χ4v) is 1.26. The van der Waals surface area contributed by atoms with Gasteiger partial charge in [-0.2, -0.15) is 11.8 Å². The van der Waals surface area contributed by atoms with Gasteiger partial charge in [-0.05, 0) is 11.8 Å². The first-order valence-corrected chi connectivity index (χ1v) is 4.63. The molecule has 60 valence electrons. The van der Waals surface area contributed by atoms with Crippen molar-refractivity contribution in [2.24, 2.45) is 0 Å². The first kappa shape index (κ1) is 8.40. The number of furan rings is 1. The van der Waals surface area contributed by atoms with Gasteiger partial charge in [0.15, 0.2) is 5.78 Å². The van der Waals surface area contributed by atoms with Gasteiger partial charge in [-0.3, -0.25) is 4.79 Å².